The maximum Gasteiger partial charge on any atom is 0.0105 e. The van der Waals surface area contributed by atoms with E-state index in [2.05, 4.69) is 18.7 Å². The summed E-state index contributed by atoms with van der Waals surface area (Å²) in [4.78, 5) is 2.67. The van der Waals surface area contributed by atoms with Gasteiger partial charge in [-0.3, -0.25) is 0 Å². The molecule has 1 heterocycles. The van der Waals surface area contributed by atoms with Crippen LogP contribution in [0.3, 0.4) is 0 Å². The van der Waals surface area contributed by atoms with Gasteiger partial charge in [-0.25, -0.2) is 0 Å². The van der Waals surface area contributed by atoms with Gasteiger partial charge in [0.2, 0.25) is 0 Å². The van der Waals surface area contributed by atoms with Gasteiger partial charge in [-0.05, 0) is 51.2 Å². The third kappa shape index (κ3) is 4.12. The summed E-state index contributed by atoms with van der Waals surface area (Å²) in [7, 11) is 0. The number of nitrogens with zero attached hydrogens (tertiary/aromatic N) is 1. The molecule has 1 saturated heterocycles. The lowest BCUT2D eigenvalue weighted by molar-refractivity contribution is 0.121. The average Bonchev–Trinajstić information content (AvgIpc) is 2.28. The highest BCUT2D eigenvalue weighted by atomic mass is 15.2. The van der Waals surface area contributed by atoms with Gasteiger partial charge in [-0.1, -0.05) is 26.7 Å². The van der Waals surface area contributed by atoms with Crippen LogP contribution in [0.4, 0.5) is 0 Å². The van der Waals surface area contributed by atoms with Crippen molar-refractivity contribution in [2.24, 2.45) is 11.7 Å². The van der Waals surface area contributed by atoms with Crippen molar-refractivity contribution in [2.45, 2.75) is 58.4 Å². The largest absolute Gasteiger partial charge is 0.330 e. The molecule has 1 fully saturated rings. The smallest absolute Gasteiger partial charge is 0.0105 e. The van der Waals surface area contributed by atoms with Crippen molar-refractivity contribution in [1.82, 2.24) is 4.90 Å². The summed E-state index contributed by atoms with van der Waals surface area (Å²) >= 11 is 0. The maximum absolute atomic E-state index is 5.66. The van der Waals surface area contributed by atoms with Gasteiger partial charge in [-0.15, -0.1) is 0 Å². The standard InChI is InChI=1S/C13H28N2/c1-3-5-12-7-10-15(11-8-12)13(4-2)6-9-14/h12-13H,3-11,14H2,1-2H3. The van der Waals surface area contributed by atoms with Crippen LogP contribution < -0.4 is 5.73 Å². The molecule has 0 aromatic heterocycles. The van der Waals surface area contributed by atoms with E-state index in [-0.39, 0.29) is 0 Å². The Bertz CT molecular complexity index is 151. The Labute approximate surface area is 95.2 Å². The third-order valence-corrected chi connectivity index (χ3v) is 3.83. The quantitative estimate of drug-likeness (QED) is 0.733. The fourth-order valence-corrected chi connectivity index (χ4v) is 2.85. The van der Waals surface area contributed by atoms with E-state index in [1.807, 2.05) is 0 Å². The lowest BCUT2D eigenvalue weighted by atomic mass is 9.91. The molecule has 2 heteroatoms. The number of nitrogens with two attached hydrogens (primary N) is 1. The Morgan fingerprint density at radius 1 is 1.27 bits per heavy atom. The van der Waals surface area contributed by atoms with Crippen molar-refractivity contribution >= 4 is 0 Å². The van der Waals surface area contributed by atoms with Gasteiger partial charge in [-0.2, -0.15) is 0 Å². The second kappa shape index (κ2) is 7.24. The van der Waals surface area contributed by atoms with Gasteiger partial charge in [0.15, 0.2) is 0 Å². The molecule has 2 nitrogen and oxygen atoms in total. The number of piperidine rings is 1. The van der Waals surface area contributed by atoms with Crippen LogP contribution in [0, 0.1) is 5.92 Å². The molecule has 0 spiro atoms. The lowest BCUT2D eigenvalue weighted by Gasteiger charge is -2.37. The van der Waals surface area contributed by atoms with E-state index in [1.54, 1.807) is 0 Å². The van der Waals surface area contributed by atoms with E-state index in [1.165, 1.54) is 51.6 Å². The summed E-state index contributed by atoms with van der Waals surface area (Å²) in [5, 5.41) is 0. The zero-order valence-corrected chi connectivity index (χ0v) is 10.5. The van der Waals surface area contributed by atoms with Crippen LogP contribution >= 0.6 is 0 Å². The number of hydrogen-bond donors (Lipinski definition) is 1. The van der Waals surface area contributed by atoms with Gasteiger partial charge >= 0.3 is 0 Å². The summed E-state index contributed by atoms with van der Waals surface area (Å²) in [5.41, 5.74) is 5.66. The maximum atomic E-state index is 5.66. The Morgan fingerprint density at radius 2 is 1.93 bits per heavy atom. The second-order valence-corrected chi connectivity index (χ2v) is 4.91. The van der Waals surface area contributed by atoms with Crippen molar-refractivity contribution in [3.8, 4) is 0 Å². The molecule has 1 atom stereocenters. The van der Waals surface area contributed by atoms with E-state index in [4.69, 9.17) is 5.73 Å². The van der Waals surface area contributed by atoms with E-state index in [0.29, 0.717) is 0 Å². The summed E-state index contributed by atoms with van der Waals surface area (Å²) in [6.45, 7) is 8.05. The molecule has 1 aliphatic heterocycles. The van der Waals surface area contributed by atoms with Gasteiger partial charge in [0.1, 0.15) is 0 Å². The molecule has 0 aliphatic carbocycles. The minimum absolute atomic E-state index is 0.748. The van der Waals surface area contributed by atoms with Crippen molar-refractivity contribution in [2.75, 3.05) is 19.6 Å². The molecule has 0 aromatic carbocycles. The van der Waals surface area contributed by atoms with Crippen LogP contribution in [0.2, 0.25) is 0 Å². The first-order chi connectivity index (χ1) is 7.31. The molecule has 0 bridgehead atoms. The summed E-state index contributed by atoms with van der Waals surface area (Å²) < 4.78 is 0. The normalized spacial score (nSPS) is 21.8. The highest BCUT2D eigenvalue weighted by Crippen LogP contribution is 2.24. The molecular weight excluding hydrogens is 184 g/mol. The molecule has 1 aliphatic rings. The molecular formula is C13H28N2. The lowest BCUT2D eigenvalue weighted by Crippen LogP contribution is -2.42. The van der Waals surface area contributed by atoms with Gasteiger partial charge in [0.25, 0.3) is 0 Å². The highest BCUT2D eigenvalue weighted by molar-refractivity contribution is 4.77. The van der Waals surface area contributed by atoms with Gasteiger partial charge < -0.3 is 10.6 Å². The summed E-state index contributed by atoms with van der Waals surface area (Å²) in [6, 6.07) is 0.748. The average molecular weight is 212 g/mol. The molecule has 0 saturated carbocycles. The summed E-state index contributed by atoms with van der Waals surface area (Å²) in [6.07, 6.45) is 8.04. The molecule has 2 N–H and O–H groups in total. The first-order valence-corrected chi connectivity index (χ1v) is 6.75. The van der Waals surface area contributed by atoms with Crippen molar-refractivity contribution in [3.63, 3.8) is 0 Å². The van der Waals surface area contributed by atoms with Crippen LogP contribution in [0.5, 0.6) is 0 Å². The number of hydrogen-bond acceptors (Lipinski definition) is 2. The minimum Gasteiger partial charge on any atom is -0.330 e. The van der Waals surface area contributed by atoms with E-state index in [9.17, 15) is 0 Å². The zero-order chi connectivity index (χ0) is 11.1. The molecule has 1 rings (SSSR count). The number of rotatable bonds is 6. The van der Waals surface area contributed by atoms with E-state index < -0.39 is 0 Å². The van der Waals surface area contributed by atoms with Crippen LogP contribution in [-0.2, 0) is 0 Å². The van der Waals surface area contributed by atoms with Crippen LogP contribution in [0.1, 0.15) is 52.4 Å². The predicted molar refractivity (Wildman–Crippen MR) is 67.0 cm³/mol. The van der Waals surface area contributed by atoms with Crippen LogP contribution in [-0.4, -0.2) is 30.6 Å². The topological polar surface area (TPSA) is 29.3 Å². The zero-order valence-electron chi connectivity index (χ0n) is 10.5. The Balaban J connectivity index is 2.28. The predicted octanol–water partition coefficient (Wildman–Crippen LogP) is 2.63. The SMILES string of the molecule is CCCC1CCN(C(CC)CCN)CC1. The van der Waals surface area contributed by atoms with Crippen molar-refractivity contribution in [3.05, 3.63) is 0 Å². The molecule has 1 unspecified atom stereocenters. The Morgan fingerprint density at radius 3 is 2.40 bits per heavy atom. The van der Waals surface area contributed by atoms with Gasteiger partial charge in [0, 0.05) is 6.04 Å². The number of likely N-dealkylation sites (tertiary alicyclic amines) is 1. The van der Waals surface area contributed by atoms with E-state index in [0.717, 1.165) is 18.5 Å². The minimum atomic E-state index is 0.748. The fraction of sp³-hybridized carbons (Fsp3) is 1.00. The van der Waals surface area contributed by atoms with E-state index >= 15 is 0 Å². The highest BCUT2D eigenvalue weighted by Gasteiger charge is 2.22. The first-order valence-electron chi connectivity index (χ1n) is 6.75. The molecule has 0 radical (unpaired) electrons. The first kappa shape index (κ1) is 13.0. The Kier molecular flexibility index (Phi) is 6.26. The fourth-order valence-electron chi connectivity index (χ4n) is 2.85. The van der Waals surface area contributed by atoms with Crippen LogP contribution in [0.15, 0.2) is 0 Å². The third-order valence-electron chi connectivity index (χ3n) is 3.83. The van der Waals surface area contributed by atoms with Gasteiger partial charge in [0.05, 0.1) is 0 Å². The second-order valence-electron chi connectivity index (χ2n) is 4.91. The van der Waals surface area contributed by atoms with Crippen molar-refractivity contribution in [1.29, 1.82) is 0 Å². The molecule has 0 amide bonds. The molecule has 90 valence electrons. The van der Waals surface area contributed by atoms with Crippen LogP contribution in [0.25, 0.3) is 0 Å². The Hall–Kier alpha value is -0.0800. The molecule has 15 heavy (non-hydrogen) atoms. The van der Waals surface area contributed by atoms with Crippen molar-refractivity contribution < 1.29 is 0 Å². The summed E-state index contributed by atoms with van der Waals surface area (Å²) in [5.74, 6) is 1.00. The monoisotopic (exact) mass is 212 g/mol. The molecule has 0 aromatic rings.